The molecule has 0 atom stereocenters. The normalized spacial score (nSPS) is 10.8. The fourth-order valence-electron chi connectivity index (χ4n) is 2.57. The summed E-state index contributed by atoms with van der Waals surface area (Å²) >= 11 is 5.80. The third kappa shape index (κ3) is 3.07. The number of aromatic nitrogens is 2. The maximum Gasteiger partial charge on any atom is 0.113 e. The third-order valence-electron chi connectivity index (χ3n) is 3.76. The van der Waals surface area contributed by atoms with E-state index in [2.05, 4.69) is 54.1 Å². The van der Waals surface area contributed by atoms with Gasteiger partial charge < -0.3 is 4.57 Å². The largest absolute Gasteiger partial charge is 0.303 e. The van der Waals surface area contributed by atoms with E-state index in [0.717, 1.165) is 35.6 Å². The highest BCUT2D eigenvalue weighted by molar-refractivity contribution is 6.17. The maximum atomic E-state index is 5.80. The van der Waals surface area contributed by atoms with Gasteiger partial charge in [0.2, 0.25) is 0 Å². The summed E-state index contributed by atoms with van der Waals surface area (Å²) in [5.41, 5.74) is 4.57. The van der Waals surface area contributed by atoms with Crippen LogP contribution in [-0.2, 0) is 12.8 Å². The lowest BCUT2D eigenvalue weighted by Crippen LogP contribution is -1.99. The number of hydrogen-bond donors (Lipinski definition) is 0. The molecule has 0 saturated heterocycles. The van der Waals surface area contributed by atoms with Crippen molar-refractivity contribution < 1.29 is 0 Å². The number of hydrogen-bond acceptors (Lipinski definition) is 1. The van der Waals surface area contributed by atoms with Crippen molar-refractivity contribution in [1.82, 2.24) is 9.55 Å². The molecule has 2 nitrogen and oxygen atoms in total. The summed E-state index contributed by atoms with van der Waals surface area (Å²) in [5.74, 6) is 1.73. The molecule has 1 heterocycles. The summed E-state index contributed by atoms with van der Waals surface area (Å²) in [7, 11) is 0. The summed E-state index contributed by atoms with van der Waals surface area (Å²) in [6.45, 7) is 2.13. The van der Waals surface area contributed by atoms with E-state index in [1.54, 1.807) is 0 Å². The van der Waals surface area contributed by atoms with Crippen LogP contribution in [0.2, 0.25) is 0 Å². The van der Waals surface area contributed by atoms with Gasteiger partial charge in [0.05, 0.1) is 5.69 Å². The van der Waals surface area contributed by atoms with Crippen LogP contribution in [0.3, 0.4) is 0 Å². The van der Waals surface area contributed by atoms with Crippen LogP contribution >= 0.6 is 11.6 Å². The Kier molecular flexibility index (Phi) is 4.59. The standard InChI is InChI=1S/C19H19ClN2/c1-2-19-21-18(16-6-4-3-5-7-16)14-22(19)17-10-8-15(9-11-17)12-13-20/h3-11,14H,2,12-13H2,1H3. The minimum absolute atomic E-state index is 0.656. The minimum atomic E-state index is 0.656. The van der Waals surface area contributed by atoms with Crippen molar-refractivity contribution in [2.45, 2.75) is 19.8 Å². The molecule has 0 bridgehead atoms. The molecule has 0 aliphatic heterocycles. The summed E-state index contributed by atoms with van der Waals surface area (Å²) in [6, 6.07) is 18.8. The van der Waals surface area contributed by atoms with E-state index in [9.17, 15) is 0 Å². The fourth-order valence-corrected chi connectivity index (χ4v) is 2.79. The molecule has 3 aromatic rings. The van der Waals surface area contributed by atoms with E-state index in [4.69, 9.17) is 16.6 Å². The van der Waals surface area contributed by atoms with Gasteiger partial charge >= 0.3 is 0 Å². The molecule has 0 spiro atoms. The Hall–Kier alpha value is -2.06. The Morgan fingerprint density at radius 3 is 2.36 bits per heavy atom. The van der Waals surface area contributed by atoms with Crippen molar-refractivity contribution in [3.05, 3.63) is 72.2 Å². The molecule has 3 rings (SSSR count). The van der Waals surface area contributed by atoms with Crippen molar-refractivity contribution >= 4 is 11.6 Å². The number of nitrogens with zero attached hydrogens (tertiary/aromatic N) is 2. The Morgan fingerprint density at radius 1 is 1.00 bits per heavy atom. The van der Waals surface area contributed by atoms with Crippen LogP contribution in [0, 0.1) is 0 Å². The van der Waals surface area contributed by atoms with Crippen molar-refractivity contribution in [2.24, 2.45) is 0 Å². The lowest BCUT2D eigenvalue weighted by atomic mass is 10.1. The number of aryl methyl sites for hydroxylation is 2. The van der Waals surface area contributed by atoms with Crippen LogP contribution in [0.5, 0.6) is 0 Å². The zero-order chi connectivity index (χ0) is 15.4. The van der Waals surface area contributed by atoms with Gasteiger partial charge in [-0.3, -0.25) is 0 Å². The monoisotopic (exact) mass is 310 g/mol. The molecular weight excluding hydrogens is 292 g/mol. The van der Waals surface area contributed by atoms with Gasteiger partial charge in [0.25, 0.3) is 0 Å². The number of rotatable bonds is 5. The van der Waals surface area contributed by atoms with Gasteiger partial charge in [0.15, 0.2) is 0 Å². The average Bonchev–Trinajstić information content (AvgIpc) is 3.01. The second-order valence-corrected chi connectivity index (χ2v) is 5.62. The smallest absolute Gasteiger partial charge is 0.113 e. The first-order chi connectivity index (χ1) is 10.8. The van der Waals surface area contributed by atoms with Crippen molar-refractivity contribution in [3.8, 4) is 16.9 Å². The Balaban J connectivity index is 1.98. The molecule has 2 aromatic carbocycles. The number of halogens is 1. The van der Waals surface area contributed by atoms with Crippen LogP contribution in [-0.4, -0.2) is 15.4 Å². The van der Waals surface area contributed by atoms with Crippen molar-refractivity contribution in [3.63, 3.8) is 0 Å². The van der Waals surface area contributed by atoms with Gasteiger partial charge in [-0.05, 0) is 24.1 Å². The SMILES string of the molecule is CCc1nc(-c2ccccc2)cn1-c1ccc(CCCl)cc1. The van der Waals surface area contributed by atoms with Crippen LogP contribution in [0.1, 0.15) is 18.3 Å². The summed E-state index contributed by atoms with van der Waals surface area (Å²) in [4.78, 5) is 4.78. The molecule has 1 aromatic heterocycles. The van der Waals surface area contributed by atoms with Crippen LogP contribution in [0.4, 0.5) is 0 Å². The summed E-state index contributed by atoms with van der Waals surface area (Å²) in [6.07, 6.45) is 3.92. The molecule has 0 fully saturated rings. The van der Waals surface area contributed by atoms with Gasteiger partial charge in [-0.15, -0.1) is 11.6 Å². The van der Waals surface area contributed by atoms with E-state index in [0.29, 0.717) is 5.88 Å². The molecule has 22 heavy (non-hydrogen) atoms. The van der Waals surface area contributed by atoms with Gasteiger partial charge in [0, 0.05) is 29.7 Å². The van der Waals surface area contributed by atoms with Crippen molar-refractivity contribution in [1.29, 1.82) is 0 Å². The van der Waals surface area contributed by atoms with E-state index in [1.807, 2.05) is 18.2 Å². The summed E-state index contributed by atoms with van der Waals surface area (Å²) < 4.78 is 2.17. The van der Waals surface area contributed by atoms with E-state index in [1.165, 1.54) is 5.56 Å². The molecule has 0 aliphatic rings. The van der Waals surface area contributed by atoms with Crippen LogP contribution in [0.15, 0.2) is 60.8 Å². The maximum absolute atomic E-state index is 5.80. The van der Waals surface area contributed by atoms with Crippen molar-refractivity contribution in [2.75, 3.05) is 5.88 Å². The highest BCUT2D eigenvalue weighted by atomic mass is 35.5. The average molecular weight is 311 g/mol. The first-order valence-corrected chi connectivity index (χ1v) is 8.14. The number of alkyl halides is 1. The predicted octanol–water partition coefficient (Wildman–Crippen LogP) is 4.88. The molecular formula is C19H19ClN2. The predicted molar refractivity (Wildman–Crippen MR) is 92.8 cm³/mol. The van der Waals surface area contributed by atoms with Gasteiger partial charge in [0.1, 0.15) is 5.82 Å². The van der Waals surface area contributed by atoms with Gasteiger partial charge in [-0.2, -0.15) is 0 Å². The molecule has 0 aliphatic carbocycles. The molecule has 0 radical (unpaired) electrons. The molecule has 3 heteroatoms. The van der Waals surface area contributed by atoms with E-state index >= 15 is 0 Å². The molecule has 112 valence electrons. The lowest BCUT2D eigenvalue weighted by Gasteiger charge is -2.07. The number of benzene rings is 2. The first-order valence-electron chi connectivity index (χ1n) is 7.60. The Morgan fingerprint density at radius 2 is 1.73 bits per heavy atom. The van der Waals surface area contributed by atoms with Crippen LogP contribution < -0.4 is 0 Å². The van der Waals surface area contributed by atoms with Gasteiger partial charge in [-0.1, -0.05) is 49.4 Å². The minimum Gasteiger partial charge on any atom is -0.303 e. The Labute approximate surface area is 136 Å². The van der Waals surface area contributed by atoms with E-state index < -0.39 is 0 Å². The zero-order valence-electron chi connectivity index (χ0n) is 12.7. The van der Waals surface area contributed by atoms with Gasteiger partial charge in [-0.25, -0.2) is 4.98 Å². The number of imidazole rings is 1. The molecule has 0 amide bonds. The molecule has 0 N–H and O–H groups in total. The second kappa shape index (κ2) is 6.80. The topological polar surface area (TPSA) is 17.8 Å². The zero-order valence-corrected chi connectivity index (χ0v) is 13.4. The summed E-state index contributed by atoms with van der Waals surface area (Å²) in [5, 5.41) is 0. The fraction of sp³-hybridized carbons (Fsp3) is 0.211. The quantitative estimate of drug-likeness (QED) is 0.614. The highest BCUT2D eigenvalue weighted by Crippen LogP contribution is 2.22. The second-order valence-electron chi connectivity index (χ2n) is 5.24. The lowest BCUT2D eigenvalue weighted by molar-refractivity contribution is 0.890. The highest BCUT2D eigenvalue weighted by Gasteiger charge is 2.09. The molecule has 0 unspecified atom stereocenters. The molecule has 0 saturated carbocycles. The van der Waals surface area contributed by atoms with Crippen LogP contribution in [0.25, 0.3) is 16.9 Å². The Bertz CT molecular complexity index is 730. The first kappa shape index (κ1) is 14.9. The third-order valence-corrected chi connectivity index (χ3v) is 3.95. The van der Waals surface area contributed by atoms with E-state index in [-0.39, 0.29) is 0 Å².